The smallest absolute Gasteiger partial charge is 0.241 e. The van der Waals surface area contributed by atoms with Crippen molar-refractivity contribution in [1.29, 1.82) is 0 Å². The van der Waals surface area contributed by atoms with Crippen LogP contribution in [0.4, 0.5) is 0 Å². The van der Waals surface area contributed by atoms with Gasteiger partial charge in [0.15, 0.2) is 0 Å². The molecule has 6 heteroatoms. The molecule has 0 aliphatic rings. The van der Waals surface area contributed by atoms with Crippen molar-refractivity contribution in [2.24, 2.45) is 0 Å². The summed E-state index contributed by atoms with van der Waals surface area (Å²) in [5.74, 6) is 0. The van der Waals surface area contributed by atoms with Crippen LogP contribution < -0.4 is 4.72 Å². The summed E-state index contributed by atoms with van der Waals surface area (Å²) >= 11 is 1.54. The van der Waals surface area contributed by atoms with Crippen LogP contribution >= 0.6 is 11.3 Å². The first-order chi connectivity index (χ1) is 11.0. The maximum absolute atomic E-state index is 13.1. The minimum absolute atomic E-state index is 0.304. The highest BCUT2D eigenvalue weighted by Gasteiger charge is 2.26. The number of sulfonamides is 1. The molecule has 0 bridgehead atoms. The molecule has 2 rings (SSSR count). The first-order valence-corrected chi connectivity index (χ1v) is 10.3. The molecule has 0 aliphatic heterocycles. The largest absolute Gasteiger partial charge is 0.247 e. The SMILES string of the molecule is Cc1nc(C)c([C@@H](C)NS(=O)(=O)c2c(C)c(C)c(C)c(C)c2C)s1. The van der Waals surface area contributed by atoms with Gasteiger partial charge in [0.2, 0.25) is 10.0 Å². The zero-order chi connectivity index (χ0) is 18.4. The van der Waals surface area contributed by atoms with E-state index >= 15 is 0 Å². The maximum atomic E-state index is 13.1. The molecule has 0 radical (unpaired) electrons. The highest BCUT2D eigenvalue weighted by Crippen LogP contribution is 2.31. The third-order valence-corrected chi connectivity index (χ3v) is 7.93. The van der Waals surface area contributed by atoms with Crippen LogP contribution in [0.15, 0.2) is 4.90 Å². The van der Waals surface area contributed by atoms with Crippen LogP contribution in [0.1, 0.15) is 56.4 Å². The molecule has 0 fully saturated rings. The Morgan fingerprint density at radius 2 is 1.33 bits per heavy atom. The number of nitrogens with one attached hydrogen (secondary N) is 1. The van der Waals surface area contributed by atoms with Crippen molar-refractivity contribution in [1.82, 2.24) is 9.71 Å². The fourth-order valence-corrected chi connectivity index (χ4v) is 5.98. The van der Waals surface area contributed by atoms with Crippen LogP contribution in [0.3, 0.4) is 0 Å². The van der Waals surface area contributed by atoms with E-state index in [1.807, 2.05) is 55.4 Å². The second-order valence-corrected chi connectivity index (χ2v) is 9.37. The van der Waals surface area contributed by atoms with Gasteiger partial charge < -0.3 is 0 Å². The maximum Gasteiger partial charge on any atom is 0.241 e. The van der Waals surface area contributed by atoms with E-state index in [0.29, 0.717) is 4.90 Å². The van der Waals surface area contributed by atoms with Gasteiger partial charge in [-0.25, -0.2) is 18.1 Å². The third kappa shape index (κ3) is 3.27. The molecule has 2 aromatic rings. The summed E-state index contributed by atoms with van der Waals surface area (Å²) in [5.41, 5.74) is 5.77. The van der Waals surface area contributed by atoms with Crippen molar-refractivity contribution in [2.75, 3.05) is 0 Å². The molecule has 1 heterocycles. The van der Waals surface area contributed by atoms with Crippen molar-refractivity contribution < 1.29 is 8.42 Å². The Hall–Kier alpha value is -1.24. The molecule has 24 heavy (non-hydrogen) atoms. The minimum atomic E-state index is -3.61. The first kappa shape index (κ1) is 19.1. The van der Waals surface area contributed by atoms with E-state index < -0.39 is 10.0 Å². The van der Waals surface area contributed by atoms with E-state index in [2.05, 4.69) is 9.71 Å². The molecule has 0 saturated carbocycles. The van der Waals surface area contributed by atoms with Gasteiger partial charge in [0.1, 0.15) is 0 Å². The van der Waals surface area contributed by atoms with Crippen LogP contribution in [-0.4, -0.2) is 13.4 Å². The number of nitrogens with zero attached hydrogens (tertiary/aromatic N) is 1. The number of thiazole rings is 1. The summed E-state index contributed by atoms with van der Waals surface area (Å²) in [6.45, 7) is 15.5. The Morgan fingerprint density at radius 3 is 1.75 bits per heavy atom. The average Bonchev–Trinajstić information content (AvgIpc) is 2.81. The van der Waals surface area contributed by atoms with Crippen molar-refractivity contribution in [3.63, 3.8) is 0 Å². The number of hydrogen-bond donors (Lipinski definition) is 1. The van der Waals surface area contributed by atoms with Crippen molar-refractivity contribution >= 4 is 21.4 Å². The van der Waals surface area contributed by atoms with E-state index in [9.17, 15) is 8.42 Å². The molecule has 0 aliphatic carbocycles. The van der Waals surface area contributed by atoms with E-state index in [1.165, 1.54) is 11.3 Å². The summed E-state index contributed by atoms with van der Waals surface area (Å²) in [6, 6.07) is -0.304. The van der Waals surface area contributed by atoms with Crippen LogP contribution in [0.25, 0.3) is 0 Å². The van der Waals surface area contributed by atoms with Crippen molar-refractivity contribution in [2.45, 2.75) is 66.3 Å². The lowest BCUT2D eigenvalue weighted by atomic mass is 9.95. The van der Waals surface area contributed by atoms with E-state index in [1.54, 1.807) is 0 Å². The summed E-state index contributed by atoms with van der Waals surface area (Å²) in [6.07, 6.45) is 0. The fraction of sp³-hybridized carbons (Fsp3) is 0.500. The average molecular weight is 367 g/mol. The summed E-state index contributed by atoms with van der Waals surface area (Å²) in [4.78, 5) is 5.77. The second kappa shape index (κ2) is 6.58. The Labute approximate surface area is 149 Å². The molecular weight excluding hydrogens is 340 g/mol. The number of aryl methyl sites for hydroxylation is 2. The zero-order valence-corrected chi connectivity index (χ0v) is 17.3. The summed E-state index contributed by atoms with van der Waals surface area (Å²) in [5, 5.41) is 0.947. The lowest BCUT2D eigenvalue weighted by molar-refractivity contribution is 0.566. The summed E-state index contributed by atoms with van der Waals surface area (Å²) < 4.78 is 29.0. The first-order valence-electron chi connectivity index (χ1n) is 8.00. The van der Waals surface area contributed by atoms with Gasteiger partial charge in [0, 0.05) is 4.88 Å². The molecule has 0 saturated heterocycles. The lowest BCUT2D eigenvalue weighted by Gasteiger charge is -2.21. The summed E-state index contributed by atoms with van der Waals surface area (Å²) in [7, 11) is -3.61. The topological polar surface area (TPSA) is 59.1 Å². The van der Waals surface area contributed by atoms with Gasteiger partial charge in [0.25, 0.3) is 0 Å². The Balaban J connectivity index is 2.51. The molecule has 0 amide bonds. The number of rotatable bonds is 4. The minimum Gasteiger partial charge on any atom is -0.247 e. The molecule has 132 valence electrons. The van der Waals surface area contributed by atoms with Gasteiger partial charge in [-0.3, -0.25) is 0 Å². The van der Waals surface area contributed by atoms with Crippen LogP contribution in [-0.2, 0) is 10.0 Å². The van der Waals surface area contributed by atoms with Crippen LogP contribution in [0.5, 0.6) is 0 Å². The Bertz CT molecular complexity index is 867. The molecule has 1 N–H and O–H groups in total. The van der Waals surface area contributed by atoms with Gasteiger partial charge in [-0.15, -0.1) is 11.3 Å². The van der Waals surface area contributed by atoms with E-state index in [4.69, 9.17) is 0 Å². The van der Waals surface area contributed by atoms with E-state index in [0.717, 1.165) is 43.4 Å². The standard InChI is InChI=1S/C18H26N2O2S2/c1-9-10(2)12(4)18(13(5)11(9)3)24(21,22)20-15(7)17-14(6)19-16(8)23-17/h15,20H,1-8H3/t15-/m1/s1. The molecular formula is C18H26N2O2S2. The lowest BCUT2D eigenvalue weighted by Crippen LogP contribution is -2.28. The Morgan fingerprint density at radius 1 is 0.875 bits per heavy atom. The normalized spacial score (nSPS) is 13.3. The van der Waals surface area contributed by atoms with Gasteiger partial charge in [0.05, 0.1) is 21.6 Å². The van der Waals surface area contributed by atoms with Gasteiger partial charge in [-0.05, 0) is 83.2 Å². The second-order valence-electron chi connectivity index (χ2n) is 6.48. The van der Waals surface area contributed by atoms with Crippen LogP contribution in [0.2, 0.25) is 0 Å². The van der Waals surface area contributed by atoms with E-state index in [-0.39, 0.29) is 6.04 Å². The molecule has 1 atom stereocenters. The molecule has 1 aromatic heterocycles. The van der Waals surface area contributed by atoms with Crippen molar-refractivity contribution in [3.8, 4) is 0 Å². The quantitative estimate of drug-likeness (QED) is 0.875. The highest BCUT2D eigenvalue weighted by molar-refractivity contribution is 7.89. The molecule has 1 aromatic carbocycles. The monoisotopic (exact) mass is 366 g/mol. The van der Waals surface area contributed by atoms with Gasteiger partial charge in [-0.1, -0.05) is 0 Å². The van der Waals surface area contributed by atoms with Crippen LogP contribution in [0, 0.1) is 48.5 Å². The fourth-order valence-electron chi connectivity index (χ4n) is 3.16. The van der Waals surface area contributed by atoms with Gasteiger partial charge >= 0.3 is 0 Å². The third-order valence-electron chi connectivity index (χ3n) is 4.86. The Kier molecular flexibility index (Phi) is 5.23. The highest BCUT2D eigenvalue weighted by atomic mass is 32.2. The molecule has 4 nitrogen and oxygen atoms in total. The van der Waals surface area contributed by atoms with Gasteiger partial charge in [-0.2, -0.15) is 0 Å². The number of hydrogen-bond acceptors (Lipinski definition) is 4. The predicted octanol–water partition coefficient (Wildman–Crippen LogP) is 4.34. The number of aromatic nitrogens is 1. The predicted molar refractivity (Wildman–Crippen MR) is 100 cm³/mol. The number of benzene rings is 1. The van der Waals surface area contributed by atoms with Crippen molar-refractivity contribution in [3.05, 3.63) is 43.4 Å². The molecule has 0 unspecified atom stereocenters. The molecule has 0 spiro atoms. The zero-order valence-electron chi connectivity index (χ0n) is 15.7.